The maximum Gasteiger partial charge on any atom is 0.267 e. The Hall–Kier alpha value is -1.41. The second-order valence-electron chi connectivity index (χ2n) is 5.46. The quantitative estimate of drug-likeness (QED) is 0.304. The first kappa shape index (κ1) is 16.0. The van der Waals surface area contributed by atoms with Crippen LogP contribution in [0.15, 0.2) is 12.0 Å². The number of nitrogens with zero attached hydrogens (tertiary/aromatic N) is 2. The molecular formula is C13H20N4O2S2. The predicted molar refractivity (Wildman–Crippen MR) is 88.2 cm³/mol. The maximum atomic E-state index is 11.8. The summed E-state index contributed by atoms with van der Waals surface area (Å²) in [5.41, 5.74) is 5.26. The maximum absolute atomic E-state index is 11.8. The molecule has 0 atom stereocenters. The van der Waals surface area contributed by atoms with Crippen LogP contribution >= 0.6 is 24.4 Å². The normalized spacial score (nSPS) is 17.9. The van der Waals surface area contributed by atoms with Gasteiger partial charge in [-0.3, -0.25) is 25.7 Å². The van der Waals surface area contributed by atoms with Gasteiger partial charge < -0.3 is 5.11 Å². The van der Waals surface area contributed by atoms with Gasteiger partial charge in [0.05, 0.1) is 16.1 Å². The molecule has 6 nitrogen and oxygen atoms in total. The molecule has 2 aliphatic carbocycles. The van der Waals surface area contributed by atoms with E-state index in [0.717, 1.165) is 41.7 Å². The molecule has 0 spiro atoms. The van der Waals surface area contributed by atoms with Gasteiger partial charge in [-0.1, -0.05) is 24.4 Å². The number of aliphatic hydroxyl groups excluding tert-OH is 1. The monoisotopic (exact) mass is 328 g/mol. The predicted octanol–water partition coefficient (Wildman–Crippen LogP) is 1.26. The fraction of sp³-hybridized carbons (Fsp3) is 0.615. The molecule has 0 aromatic rings. The molecule has 8 heteroatoms. The molecule has 116 valence electrons. The largest absolute Gasteiger partial charge is 0.494 e. The van der Waals surface area contributed by atoms with Gasteiger partial charge in [0.1, 0.15) is 0 Å². The molecule has 0 aromatic heterocycles. The number of aliphatic hydroxyl groups is 1. The minimum Gasteiger partial charge on any atom is -0.494 e. The number of amides is 1. The molecule has 0 heterocycles. The molecule has 2 fully saturated rings. The first-order valence-corrected chi connectivity index (χ1v) is 7.73. The molecule has 1 amide bonds. The standard InChI is InChI=1S/C13H20N4O2S2/c1-16(12(20)8-3-4-8)14-10(18)7-11(19)15-17(2)13(21)9-5-6-9/h7-9,14,18H,3-6H2,1-2H3,(H,15,19)/b10-7-. The summed E-state index contributed by atoms with van der Waals surface area (Å²) in [4.78, 5) is 13.2. The van der Waals surface area contributed by atoms with Crippen LogP contribution < -0.4 is 10.9 Å². The van der Waals surface area contributed by atoms with Gasteiger partial charge >= 0.3 is 0 Å². The van der Waals surface area contributed by atoms with Gasteiger partial charge in [-0.25, -0.2) is 0 Å². The van der Waals surface area contributed by atoms with E-state index in [4.69, 9.17) is 24.4 Å². The van der Waals surface area contributed by atoms with Crippen molar-refractivity contribution in [2.75, 3.05) is 14.1 Å². The molecule has 2 rings (SSSR count). The van der Waals surface area contributed by atoms with E-state index in [1.165, 1.54) is 5.01 Å². The van der Waals surface area contributed by atoms with Gasteiger partial charge in [0.25, 0.3) is 5.91 Å². The summed E-state index contributed by atoms with van der Waals surface area (Å²) in [6.45, 7) is 0. The number of rotatable bonds is 5. The summed E-state index contributed by atoms with van der Waals surface area (Å²) in [5, 5.41) is 12.8. The van der Waals surface area contributed by atoms with E-state index in [-0.39, 0.29) is 5.88 Å². The topological polar surface area (TPSA) is 67.8 Å². The Morgan fingerprint density at radius 2 is 1.48 bits per heavy atom. The summed E-state index contributed by atoms with van der Waals surface area (Å²) in [6.07, 6.45) is 5.38. The third-order valence-corrected chi connectivity index (χ3v) is 4.56. The van der Waals surface area contributed by atoms with Gasteiger partial charge in [0.15, 0.2) is 0 Å². The summed E-state index contributed by atoms with van der Waals surface area (Å²) in [6, 6.07) is 0. The van der Waals surface area contributed by atoms with Gasteiger partial charge in [-0.2, -0.15) is 0 Å². The van der Waals surface area contributed by atoms with Crippen LogP contribution in [0.5, 0.6) is 0 Å². The lowest BCUT2D eigenvalue weighted by atomic mass is 10.4. The van der Waals surface area contributed by atoms with Gasteiger partial charge in [0.2, 0.25) is 5.88 Å². The molecule has 3 N–H and O–H groups in total. The fourth-order valence-electron chi connectivity index (χ4n) is 1.84. The summed E-state index contributed by atoms with van der Waals surface area (Å²) < 4.78 is 0. The summed E-state index contributed by atoms with van der Waals surface area (Å²) in [7, 11) is 3.42. The Morgan fingerprint density at radius 1 is 1.05 bits per heavy atom. The number of hydrazine groups is 2. The molecule has 21 heavy (non-hydrogen) atoms. The van der Waals surface area contributed by atoms with Gasteiger partial charge in [-0.05, 0) is 25.7 Å². The zero-order valence-corrected chi connectivity index (χ0v) is 13.8. The van der Waals surface area contributed by atoms with Gasteiger partial charge in [0, 0.05) is 25.9 Å². The smallest absolute Gasteiger partial charge is 0.267 e. The van der Waals surface area contributed by atoms with Crippen LogP contribution in [0.3, 0.4) is 0 Å². The minimum atomic E-state index is -0.448. The van der Waals surface area contributed by atoms with Crippen molar-refractivity contribution < 1.29 is 9.90 Å². The van der Waals surface area contributed by atoms with E-state index in [9.17, 15) is 9.90 Å². The van der Waals surface area contributed by atoms with E-state index >= 15 is 0 Å². The Labute approximate surface area is 135 Å². The van der Waals surface area contributed by atoms with E-state index in [1.54, 1.807) is 19.1 Å². The zero-order valence-electron chi connectivity index (χ0n) is 12.1. The van der Waals surface area contributed by atoms with Crippen molar-refractivity contribution in [1.29, 1.82) is 0 Å². The van der Waals surface area contributed by atoms with E-state index in [1.807, 2.05) is 0 Å². The SMILES string of the molecule is CN(NC(=O)/C=C(\O)NN(C)C(=S)C1CC1)C(=S)C1CC1. The number of hydrogen-bond donors (Lipinski definition) is 3. The third-order valence-electron chi connectivity index (χ3n) is 3.34. The number of nitrogens with one attached hydrogen (secondary N) is 2. The zero-order chi connectivity index (χ0) is 15.6. The Kier molecular flexibility index (Phi) is 5.00. The van der Waals surface area contributed by atoms with Crippen LogP contribution in [0.2, 0.25) is 0 Å². The second kappa shape index (κ2) is 6.57. The first-order valence-electron chi connectivity index (χ1n) is 6.91. The molecule has 0 aromatic carbocycles. The Morgan fingerprint density at radius 3 is 1.90 bits per heavy atom. The molecule has 0 unspecified atom stereocenters. The third kappa shape index (κ3) is 4.82. The highest BCUT2D eigenvalue weighted by molar-refractivity contribution is 7.80. The lowest BCUT2D eigenvalue weighted by molar-refractivity contribution is -0.119. The van der Waals surface area contributed by atoms with Crippen LogP contribution in [-0.2, 0) is 4.79 Å². The van der Waals surface area contributed by atoms with Crippen molar-refractivity contribution in [2.45, 2.75) is 25.7 Å². The van der Waals surface area contributed by atoms with E-state index in [0.29, 0.717) is 11.8 Å². The molecule has 0 aliphatic heterocycles. The molecule has 0 radical (unpaired) electrons. The van der Waals surface area contributed by atoms with Gasteiger partial charge in [-0.15, -0.1) is 0 Å². The van der Waals surface area contributed by atoms with E-state index < -0.39 is 5.91 Å². The molecule has 0 bridgehead atoms. The van der Waals surface area contributed by atoms with Crippen molar-refractivity contribution in [1.82, 2.24) is 20.9 Å². The molecule has 2 aliphatic rings. The molecule has 0 saturated heterocycles. The van der Waals surface area contributed by atoms with Crippen molar-refractivity contribution in [3.63, 3.8) is 0 Å². The fourth-order valence-corrected chi connectivity index (χ4v) is 2.41. The minimum absolute atomic E-state index is 0.260. The van der Waals surface area contributed by atoms with Crippen LogP contribution in [-0.4, -0.2) is 45.1 Å². The molecular weight excluding hydrogens is 308 g/mol. The Balaban J connectivity index is 1.78. The summed E-state index contributed by atoms with van der Waals surface area (Å²) >= 11 is 10.5. The lowest BCUT2D eigenvalue weighted by Gasteiger charge is -2.22. The van der Waals surface area contributed by atoms with Crippen LogP contribution in [0.25, 0.3) is 0 Å². The highest BCUT2D eigenvalue weighted by Gasteiger charge is 2.30. The Bertz CT molecular complexity index is 487. The average molecular weight is 328 g/mol. The molecule has 2 saturated carbocycles. The van der Waals surface area contributed by atoms with Crippen LogP contribution in [0.4, 0.5) is 0 Å². The highest BCUT2D eigenvalue weighted by Crippen LogP contribution is 2.31. The van der Waals surface area contributed by atoms with Crippen molar-refractivity contribution in [3.05, 3.63) is 12.0 Å². The number of carbonyl (C=O) groups is 1. The number of thiocarbonyl (C=S) groups is 2. The summed E-state index contributed by atoms with van der Waals surface area (Å²) in [5.74, 6) is 0.0872. The van der Waals surface area contributed by atoms with Crippen molar-refractivity contribution in [3.8, 4) is 0 Å². The number of hydrogen-bond acceptors (Lipinski definition) is 5. The number of carbonyl (C=O) groups excluding carboxylic acids is 1. The van der Waals surface area contributed by atoms with E-state index in [2.05, 4.69) is 10.9 Å². The second-order valence-corrected chi connectivity index (χ2v) is 6.30. The first-order chi connectivity index (χ1) is 9.88. The lowest BCUT2D eigenvalue weighted by Crippen LogP contribution is -2.43. The van der Waals surface area contributed by atoms with Crippen LogP contribution in [0, 0.1) is 11.8 Å². The van der Waals surface area contributed by atoms with Crippen molar-refractivity contribution in [2.24, 2.45) is 11.8 Å². The van der Waals surface area contributed by atoms with Crippen molar-refractivity contribution >= 4 is 40.3 Å². The van der Waals surface area contributed by atoms with Crippen LogP contribution in [0.1, 0.15) is 25.7 Å². The highest BCUT2D eigenvalue weighted by atomic mass is 32.1. The average Bonchev–Trinajstić information content (AvgIpc) is 3.29.